The van der Waals surface area contributed by atoms with E-state index >= 15 is 0 Å². The van der Waals surface area contributed by atoms with Gasteiger partial charge in [0.05, 0.1) is 28.0 Å². The van der Waals surface area contributed by atoms with Crippen LogP contribution in [0.3, 0.4) is 0 Å². The minimum atomic E-state index is -3.37. The molecule has 0 aliphatic heterocycles. The van der Waals surface area contributed by atoms with E-state index < -0.39 is 26.1 Å². The minimum absolute atomic E-state index is 0.0598. The average molecular weight is 829 g/mol. The van der Waals surface area contributed by atoms with E-state index in [1.54, 1.807) is 0 Å². The monoisotopic (exact) mass is 828 g/mol. The van der Waals surface area contributed by atoms with Crippen LogP contribution in [0.25, 0.3) is 0 Å². The van der Waals surface area contributed by atoms with Gasteiger partial charge in [0.1, 0.15) is 0 Å². The molecule has 0 aliphatic rings. The lowest BCUT2D eigenvalue weighted by atomic mass is 9.88. The molecule has 0 radical (unpaired) electrons. The third-order valence-corrected chi connectivity index (χ3v) is 18.9. The van der Waals surface area contributed by atoms with Gasteiger partial charge >= 0.3 is 0 Å². The smallest absolute Gasteiger partial charge is 0.224 e. The molecule has 0 aliphatic carbocycles. The molecule has 5 aromatic carbocycles. The van der Waals surface area contributed by atoms with Crippen molar-refractivity contribution < 1.29 is 23.2 Å². The molecule has 10 heteroatoms. The zero-order chi connectivity index (χ0) is 40.0. The lowest BCUT2D eigenvalue weighted by Gasteiger charge is -2.37. The summed E-state index contributed by atoms with van der Waals surface area (Å²) in [5, 5.41) is 2.45. The zero-order valence-corrected chi connectivity index (χ0v) is 37.3. The molecule has 0 fully saturated rings. The largest absolute Gasteiger partial charge is 0.354 e. The lowest BCUT2D eigenvalue weighted by Crippen LogP contribution is -2.37. The van der Waals surface area contributed by atoms with E-state index in [0.717, 1.165) is 38.7 Å². The molecule has 5 rings (SSSR count). The number of hydrogen-bond acceptors (Lipinski definition) is 7. The predicted molar refractivity (Wildman–Crippen MR) is 240 cm³/mol. The molecule has 55 heavy (non-hydrogen) atoms. The maximum atomic E-state index is 14.8. The molecule has 0 saturated carbocycles. The van der Waals surface area contributed by atoms with Gasteiger partial charge in [-0.2, -0.15) is 0 Å². The summed E-state index contributed by atoms with van der Waals surface area (Å²) < 4.78 is 20.6. The first-order chi connectivity index (χ1) is 26.1. The Kier molecular flexibility index (Phi) is 14.6. The number of benzene rings is 5. The average Bonchev–Trinajstić information content (AvgIpc) is 3.17. The van der Waals surface area contributed by atoms with Crippen LogP contribution in [0.5, 0.6) is 0 Å². The summed E-state index contributed by atoms with van der Waals surface area (Å²) in [6.07, 6.45) is -6.19. The van der Waals surface area contributed by atoms with Gasteiger partial charge in [-0.05, 0) is 76.9 Å². The quantitative estimate of drug-likeness (QED) is 0.0865. The second kappa shape index (κ2) is 18.5. The fourth-order valence-corrected chi connectivity index (χ4v) is 14.1. The maximum absolute atomic E-state index is 14.8. The summed E-state index contributed by atoms with van der Waals surface area (Å²) in [6.45, 7) is 16.3. The Balaban J connectivity index is 1.58. The van der Waals surface area contributed by atoms with Crippen molar-refractivity contribution in [3.63, 3.8) is 0 Å². The third kappa shape index (κ3) is 9.78. The van der Waals surface area contributed by atoms with Crippen LogP contribution in [0.4, 0.5) is 0 Å². The summed E-state index contributed by atoms with van der Waals surface area (Å²) in [7, 11) is -1.01. The van der Waals surface area contributed by atoms with Crippen molar-refractivity contribution in [3.05, 3.63) is 160 Å². The molecule has 0 aromatic heterocycles. The molecule has 0 saturated heterocycles. The van der Waals surface area contributed by atoms with Crippen LogP contribution in [0, 0.1) is 47.0 Å². The van der Waals surface area contributed by atoms with Crippen LogP contribution in [0.15, 0.2) is 115 Å². The first-order valence-electron chi connectivity index (χ1n) is 18.4. The van der Waals surface area contributed by atoms with Crippen LogP contribution >= 0.6 is 20.7 Å². The number of rotatable bonds is 17. The summed E-state index contributed by atoms with van der Waals surface area (Å²) in [4.78, 5) is 29.6. The van der Waals surface area contributed by atoms with E-state index in [-0.39, 0.29) is 30.9 Å². The Morgan fingerprint density at radius 1 is 0.582 bits per heavy atom. The molecule has 5 aromatic rings. The van der Waals surface area contributed by atoms with Crippen molar-refractivity contribution in [2.45, 2.75) is 54.9 Å². The van der Waals surface area contributed by atoms with Gasteiger partial charge in [0.15, 0.2) is 12.5 Å². The van der Waals surface area contributed by atoms with E-state index in [4.69, 9.17) is 37.2 Å². The minimum Gasteiger partial charge on any atom is -0.354 e. The van der Waals surface area contributed by atoms with E-state index in [1.165, 1.54) is 0 Å². The summed E-state index contributed by atoms with van der Waals surface area (Å²) in [5.41, 5.74) is 5.63. The molecule has 0 spiro atoms. The highest BCUT2D eigenvalue weighted by atomic mass is 32.4. The molecule has 3 atom stereocenters. The van der Waals surface area contributed by atoms with E-state index in [1.807, 2.05) is 145 Å². The molecule has 3 unspecified atom stereocenters. The van der Waals surface area contributed by atoms with E-state index in [9.17, 15) is 9.59 Å². The first kappa shape index (κ1) is 43.2. The van der Waals surface area contributed by atoms with Gasteiger partial charge in [-0.3, -0.25) is 9.59 Å². The molecule has 0 bridgehead atoms. The highest BCUT2D eigenvalue weighted by Gasteiger charge is 2.41. The molecule has 0 heterocycles. The van der Waals surface area contributed by atoms with Crippen molar-refractivity contribution in [2.75, 3.05) is 26.5 Å². The van der Waals surface area contributed by atoms with Gasteiger partial charge in [0.2, 0.25) is 11.0 Å². The Morgan fingerprint density at radius 2 is 0.927 bits per heavy atom. The fourth-order valence-electron chi connectivity index (χ4n) is 6.91. The van der Waals surface area contributed by atoms with E-state index in [2.05, 4.69) is 25.7 Å². The second-order valence-electron chi connectivity index (χ2n) is 14.4. The van der Waals surface area contributed by atoms with Gasteiger partial charge in [0, 0.05) is 32.5 Å². The number of hydrogen-bond donors (Lipinski definition) is 0. The highest BCUT2D eigenvalue weighted by molar-refractivity contribution is 8.24. The molecule has 0 N–H and O–H groups in total. The van der Waals surface area contributed by atoms with Gasteiger partial charge < -0.3 is 13.6 Å². The van der Waals surface area contributed by atoms with Crippen molar-refractivity contribution in [2.24, 2.45) is 5.41 Å². The molecule has 0 amide bonds. The van der Waals surface area contributed by atoms with Gasteiger partial charge in [-0.1, -0.05) is 157 Å². The normalized spacial score (nSPS) is 15.3. The SMILES string of the molecule is CCC(COP(C)c1ccccc1)(COP(=S)(C(=O)c1c(C)cc(C)cc1C)c1ccccc1)COP(=S)(C(=O)c1c(C)cc(C)cc1C)c1ccccc1. The molecule has 5 nitrogen and oxygen atoms in total. The lowest BCUT2D eigenvalue weighted by molar-refractivity contribution is 0.0421. The Morgan fingerprint density at radius 3 is 1.27 bits per heavy atom. The third-order valence-electron chi connectivity index (χ3n) is 10.0. The number of carbonyl (C=O) groups excluding carboxylic acids is 2. The predicted octanol–water partition coefficient (Wildman–Crippen LogP) is 10.8. The Hall–Kier alpha value is -2.95. The van der Waals surface area contributed by atoms with Gasteiger partial charge in [0.25, 0.3) is 0 Å². The highest BCUT2D eigenvalue weighted by Crippen LogP contribution is 2.55. The summed E-state index contributed by atoms with van der Waals surface area (Å²) >= 11 is 12.9. The fraction of sp³-hybridized carbons (Fsp3) is 0.289. The second-order valence-corrected chi connectivity index (χ2v) is 23.9. The van der Waals surface area contributed by atoms with E-state index in [0.29, 0.717) is 28.2 Å². The van der Waals surface area contributed by atoms with Crippen molar-refractivity contribution in [3.8, 4) is 0 Å². The topological polar surface area (TPSA) is 61.8 Å². The van der Waals surface area contributed by atoms with Crippen LogP contribution < -0.4 is 15.9 Å². The Bertz CT molecular complexity index is 2070. The first-order valence-corrected chi connectivity index (χ1v) is 25.6. The standard InChI is InChI=1S/C45H51O5P3S2/c1-9-45(29-48-51(8)38-19-13-10-14-20-38,30-49-52(54,39-21-15-11-16-22-39)43(46)41-34(4)25-32(2)26-35(41)5)31-50-53(55,40-23-17-12-18-24-40)44(47)42-36(6)27-33(3)28-37(42)7/h10-28H,9,29-31H2,1-8H3. The van der Waals surface area contributed by atoms with Gasteiger partial charge in [-0.15, -0.1) is 0 Å². The van der Waals surface area contributed by atoms with Crippen molar-refractivity contribution in [1.29, 1.82) is 0 Å². The van der Waals surface area contributed by atoms with Crippen LogP contribution in [0.2, 0.25) is 0 Å². The zero-order valence-electron chi connectivity index (χ0n) is 33.0. The molecule has 288 valence electrons. The summed E-state index contributed by atoms with van der Waals surface area (Å²) in [6, 6.07) is 37.1. The maximum Gasteiger partial charge on any atom is 0.224 e. The van der Waals surface area contributed by atoms with Crippen molar-refractivity contribution >= 4 is 71.3 Å². The molecular weight excluding hydrogens is 778 g/mol. The van der Waals surface area contributed by atoms with Gasteiger partial charge in [-0.25, -0.2) is 0 Å². The number of carbonyl (C=O) groups is 2. The van der Waals surface area contributed by atoms with Crippen molar-refractivity contribution in [1.82, 2.24) is 0 Å². The van der Waals surface area contributed by atoms with Crippen LogP contribution in [-0.4, -0.2) is 37.5 Å². The number of aryl methyl sites for hydroxylation is 6. The Labute approximate surface area is 339 Å². The molecular formula is C45H51O5P3S2. The summed E-state index contributed by atoms with van der Waals surface area (Å²) in [5.74, 6) is 0. The van der Waals surface area contributed by atoms with Crippen LogP contribution in [0.1, 0.15) is 67.4 Å². The van der Waals surface area contributed by atoms with Crippen LogP contribution in [-0.2, 0) is 37.2 Å².